The molecule has 1 aliphatic rings. The van der Waals surface area contributed by atoms with Gasteiger partial charge in [0.15, 0.2) is 5.67 Å². The van der Waals surface area contributed by atoms with Crippen LogP contribution in [0.3, 0.4) is 0 Å². The Morgan fingerprint density at radius 3 is 2.69 bits per heavy atom. The van der Waals surface area contributed by atoms with Crippen molar-refractivity contribution in [1.82, 2.24) is 4.90 Å². The maximum Gasteiger partial charge on any atom is 0.259 e. The molecule has 1 aliphatic heterocycles. The highest BCUT2D eigenvalue weighted by Crippen LogP contribution is 2.15. The van der Waals surface area contributed by atoms with Crippen LogP contribution in [0, 0.1) is 0 Å². The van der Waals surface area contributed by atoms with Gasteiger partial charge in [-0.25, -0.2) is 4.39 Å². The standard InChI is InChI=1S/C9H16FNO2/c1-7-6-11(4-5-13-7)8(12)9(2,3)10/h7H,4-6H2,1-3H3. The summed E-state index contributed by atoms with van der Waals surface area (Å²) in [5.74, 6) is -0.442. The zero-order chi connectivity index (χ0) is 10.1. The van der Waals surface area contributed by atoms with Crippen molar-refractivity contribution in [3.63, 3.8) is 0 Å². The molecule has 13 heavy (non-hydrogen) atoms. The van der Waals surface area contributed by atoms with Gasteiger partial charge in [-0.05, 0) is 20.8 Å². The lowest BCUT2D eigenvalue weighted by Crippen LogP contribution is -2.50. The molecule has 0 aromatic rings. The van der Waals surface area contributed by atoms with Crippen LogP contribution in [0.2, 0.25) is 0 Å². The fourth-order valence-electron chi connectivity index (χ4n) is 1.38. The van der Waals surface area contributed by atoms with E-state index < -0.39 is 11.6 Å². The van der Waals surface area contributed by atoms with E-state index in [1.54, 1.807) is 0 Å². The quantitative estimate of drug-likeness (QED) is 0.615. The van der Waals surface area contributed by atoms with Crippen LogP contribution in [0.5, 0.6) is 0 Å². The summed E-state index contributed by atoms with van der Waals surface area (Å²) in [5.41, 5.74) is -1.77. The van der Waals surface area contributed by atoms with Gasteiger partial charge in [-0.1, -0.05) is 0 Å². The molecule has 0 spiro atoms. The Kier molecular flexibility index (Phi) is 2.91. The summed E-state index contributed by atoms with van der Waals surface area (Å²) in [5, 5.41) is 0. The average Bonchev–Trinajstić information content (AvgIpc) is 2.01. The molecule has 1 rings (SSSR count). The van der Waals surface area contributed by atoms with Crippen molar-refractivity contribution < 1.29 is 13.9 Å². The molecule has 1 unspecified atom stereocenters. The van der Waals surface area contributed by atoms with Gasteiger partial charge in [-0.3, -0.25) is 4.79 Å². The van der Waals surface area contributed by atoms with Crippen molar-refractivity contribution in [2.45, 2.75) is 32.5 Å². The van der Waals surface area contributed by atoms with E-state index in [0.29, 0.717) is 19.7 Å². The van der Waals surface area contributed by atoms with E-state index in [-0.39, 0.29) is 6.10 Å². The van der Waals surface area contributed by atoms with Crippen molar-refractivity contribution in [2.24, 2.45) is 0 Å². The van der Waals surface area contributed by atoms with Crippen molar-refractivity contribution in [1.29, 1.82) is 0 Å². The van der Waals surface area contributed by atoms with Gasteiger partial charge in [0.1, 0.15) is 0 Å². The number of carbonyl (C=O) groups is 1. The minimum absolute atomic E-state index is 0.0139. The van der Waals surface area contributed by atoms with Crippen LogP contribution in [0.15, 0.2) is 0 Å². The van der Waals surface area contributed by atoms with Crippen molar-refractivity contribution in [3.8, 4) is 0 Å². The Bertz CT molecular complexity index is 200. The number of ether oxygens (including phenoxy) is 1. The Balaban J connectivity index is 2.56. The monoisotopic (exact) mass is 189 g/mol. The summed E-state index contributed by atoms with van der Waals surface area (Å²) in [6.45, 7) is 5.95. The van der Waals surface area contributed by atoms with Crippen LogP contribution in [-0.4, -0.2) is 42.3 Å². The fourth-order valence-corrected chi connectivity index (χ4v) is 1.38. The van der Waals surface area contributed by atoms with Gasteiger partial charge in [0.25, 0.3) is 5.91 Å². The number of hydrogen-bond acceptors (Lipinski definition) is 2. The largest absolute Gasteiger partial charge is 0.375 e. The molecule has 1 saturated heterocycles. The highest BCUT2D eigenvalue weighted by atomic mass is 19.1. The van der Waals surface area contributed by atoms with E-state index in [1.165, 1.54) is 18.7 Å². The first kappa shape index (κ1) is 10.4. The Hall–Kier alpha value is -0.640. The predicted octanol–water partition coefficient (Wildman–Crippen LogP) is 0.982. The molecule has 1 fully saturated rings. The van der Waals surface area contributed by atoms with E-state index in [4.69, 9.17) is 4.74 Å². The summed E-state index contributed by atoms with van der Waals surface area (Å²) in [6.07, 6.45) is 0.0139. The molecule has 0 bridgehead atoms. The SMILES string of the molecule is CC1CN(C(=O)C(C)(C)F)CCO1. The predicted molar refractivity (Wildman–Crippen MR) is 47.2 cm³/mol. The second kappa shape index (κ2) is 3.62. The van der Waals surface area contributed by atoms with Crippen molar-refractivity contribution in [2.75, 3.05) is 19.7 Å². The van der Waals surface area contributed by atoms with E-state index in [1.807, 2.05) is 6.92 Å². The number of rotatable bonds is 1. The second-order valence-electron chi connectivity index (χ2n) is 3.91. The number of carbonyl (C=O) groups excluding carboxylic acids is 1. The molecule has 0 N–H and O–H groups in total. The molecule has 4 heteroatoms. The first-order valence-corrected chi connectivity index (χ1v) is 4.51. The molecular formula is C9H16FNO2. The smallest absolute Gasteiger partial charge is 0.259 e. The molecule has 0 radical (unpaired) electrons. The minimum atomic E-state index is -1.77. The molecule has 3 nitrogen and oxygen atoms in total. The fraction of sp³-hybridized carbons (Fsp3) is 0.889. The highest BCUT2D eigenvalue weighted by Gasteiger charge is 2.33. The highest BCUT2D eigenvalue weighted by molar-refractivity contribution is 5.84. The van der Waals surface area contributed by atoms with E-state index in [0.717, 1.165) is 0 Å². The minimum Gasteiger partial charge on any atom is -0.375 e. The molecule has 0 aromatic heterocycles. The van der Waals surface area contributed by atoms with Gasteiger partial charge in [-0.2, -0.15) is 0 Å². The molecule has 1 amide bonds. The average molecular weight is 189 g/mol. The third kappa shape index (κ3) is 2.66. The topological polar surface area (TPSA) is 29.5 Å². The maximum atomic E-state index is 13.3. The third-order valence-electron chi connectivity index (χ3n) is 2.04. The van der Waals surface area contributed by atoms with Gasteiger partial charge in [0.05, 0.1) is 12.7 Å². The summed E-state index contributed by atoms with van der Waals surface area (Å²) in [7, 11) is 0. The Labute approximate surface area is 77.9 Å². The van der Waals surface area contributed by atoms with Crippen LogP contribution in [0.25, 0.3) is 0 Å². The maximum absolute atomic E-state index is 13.3. The van der Waals surface area contributed by atoms with Gasteiger partial charge in [0.2, 0.25) is 0 Å². The number of hydrogen-bond donors (Lipinski definition) is 0. The molecule has 1 heterocycles. The number of nitrogens with zero attached hydrogens (tertiary/aromatic N) is 1. The van der Waals surface area contributed by atoms with Crippen molar-refractivity contribution >= 4 is 5.91 Å². The first-order chi connectivity index (χ1) is 5.91. The lowest BCUT2D eigenvalue weighted by molar-refractivity contribution is -0.148. The van der Waals surface area contributed by atoms with Crippen LogP contribution < -0.4 is 0 Å². The summed E-state index contributed by atoms with van der Waals surface area (Å²) >= 11 is 0. The number of alkyl halides is 1. The Morgan fingerprint density at radius 1 is 1.62 bits per heavy atom. The lowest BCUT2D eigenvalue weighted by atomic mass is 10.1. The molecule has 76 valence electrons. The van der Waals surface area contributed by atoms with Crippen LogP contribution in [-0.2, 0) is 9.53 Å². The zero-order valence-electron chi connectivity index (χ0n) is 8.34. The number of halogens is 1. The summed E-state index contributed by atoms with van der Waals surface area (Å²) in [6, 6.07) is 0. The van der Waals surface area contributed by atoms with E-state index >= 15 is 0 Å². The Morgan fingerprint density at radius 2 is 2.23 bits per heavy atom. The van der Waals surface area contributed by atoms with Gasteiger partial charge in [0, 0.05) is 13.1 Å². The molecule has 0 saturated carbocycles. The van der Waals surface area contributed by atoms with Crippen LogP contribution in [0.1, 0.15) is 20.8 Å². The van der Waals surface area contributed by atoms with E-state index in [2.05, 4.69) is 0 Å². The van der Waals surface area contributed by atoms with Crippen molar-refractivity contribution in [3.05, 3.63) is 0 Å². The second-order valence-corrected chi connectivity index (χ2v) is 3.91. The molecule has 1 atom stereocenters. The molecular weight excluding hydrogens is 173 g/mol. The third-order valence-corrected chi connectivity index (χ3v) is 2.04. The lowest BCUT2D eigenvalue weighted by Gasteiger charge is -2.33. The zero-order valence-corrected chi connectivity index (χ0v) is 8.34. The van der Waals surface area contributed by atoms with Gasteiger partial charge < -0.3 is 9.64 Å². The van der Waals surface area contributed by atoms with Crippen LogP contribution >= 0.6 is 0 Å². The molecule has 0 aliphatic carbocycles. The summed E-state index contributed by atoms with van der Waals surface area (Å²) < 4.78 is 18.5. The number of amides is 1. The van der Waals surface area contributed by atoms with Gasteiger partial charge in [-0.15, -0.1) is 0 Å². The van der Waals surface area contributed by atoms with E-state index in [9.17, 15) is 9.18 Å². The molecule has 0 aromatic carbocycles. The normalized spacial score (nSPS) is 24.6. The first-order valence-electron chi connectivity index (χ1n) is 4.51. The number of morpholine rings is 1. The van der Waals surface area contributed by atoms with Crippen LogP contribution in [0.4, 0.5) is 4.39 Å². The van der Waals surface area contributed by atoms with Gasteiger partial charge >= 0.3 is 0 Å². The summed E-state index contributed by atoms with van der Waals surface area (Å²) in [4.78, 5) is 13.0.